The van der Waals surface area contributed by atoms with Crippen molar-refractivity contribution in [2.75, 3.05) is 5.73 Å². The van der Waals surface area contributed by atoms with Gasteiger partial charge in [-0.2, -0.15) is 5.10 Å². The zero-order valence-electron chi connectivity index (χ0n) is 14.1. The fraction of sp³-hybridized carbons (Fsp3) is 0.222. The molecule has 1 atom stereocenters. The van der Waals surface area contributed by atoms with Crippen LogP contribution >= 0.6 is 0 Å². The van der Waals surface area contributed by atoms with Crippen molar-refractivity contribution in [1.82, 2.24) is 15.2 Å². The van der Waals surface area contributed by atoms with Gasteiger partial charge in [0, 0.05) is 28.6 Å². The van der Waals surface area contributed by atoms with Crippen LogP contribution in [0, 0.1) is 25.5 Å². The minimum Gasteiger partial charge on any atom is -0.482 e. The van der Waals surface area contributed by atoms with Gasteiger partial charge in [-0.1, -0.05) is 0 Å². The first-order chi connectivity index (χ1) is 11.9. The van der Waals surface area contributed by atoms with Gasteiger partial charge >= 0.3 is 0 Å². The molecule has 2 heterocycles. The lowest BCUT2D eigenvalue weighted by atomic mass is 10.1. The molecule has 0 fully saturated rings. The number of halogens is 2. The summed E-state index contributed by atoms with van der Waals surface area (Å²) in [6.45, 7) is 5.40. The molecule has 0 aliphatic rings. The Morgan fingerprint density at radius 3 is 2.64 bits per heavy atom. The standard InChI is InChI=1S/C18H18F2N4O/c1-9-17(10(2)24-23-9)12-6-16(18(21)22-8-12)25-11(3)14-7-13(19)4-5-15(14)20/h4-8,11H,1-3H3,(H2,21,22)(H,23,24)/t11-/m1/s1. The number of nitrogen functional groups attached to an aromatic ring is 1. The average molecular weight is 344 g/mol. The predicted octanol–water partition coefficient (Wildman–Crippen LogP) is 4.09. The Bertz CT molecular complexity index is 904. The monoisotopic (exact) mass is 344 g/mol. The molecule has 0 spiro atoms. The van der Waals surface area contributed by atoms with E-state index in [2.05, 4.69) is 15.2 Å². The summed E-state index contributed by atoms with van der Waals surface area (Å²) < 4.78 is 33.1. The van der Waals surface area contributed by atoms with Crippen LogP contribution in [-0.4, -0.2) is 15.2 Å². The van der Waals surface area contributed by atoms with Crippen molar-refractivity contribution >= 4 is 5.82 Å². The van der Waals surface area contributed by atoms with E-state index in [0.29, 0.717) is 5.75 Å². The fourth-order valence-corrected chi connectivity index (χ4v) is 2.74. The molecule has 3 N–H and O–H groups in total. The molecule has 3 rings (SSSR count). The third-order valence-corrected chi connectivity index (χ3v) is 4.00. The number of nitrogens with one attached hydrogen (secondary N) is 1. The maximum Gasteiger partial charge on any atom is 0.166 e. The average Bonchev–Trinajstić information content (AvgIpc) is 2.90. The van der Waals surface area contributed by atoms with Crippen LogP contribution in [0.15, 0.2) is 30.5 Å². The number of rotatable bonds is 4. The summed E-state index contributed by atoms with van der Waals surface area (Å²) in [5.74, 6) is -0.602. The lowest BCUT2D eigenvalue weighted by Gasteiger charge is -2.17. The van der Waals surface area contributed by atoms with Gasteiger partial charge in [0.25, 0.3) is 0 Å². The van der Waals surface area contributed by atoms with Crippen molar-refractivity contribution in [1.29, 1.82) is 0 Å². The molecule has 0 saturated carbocycles. The highest BCUT2D eigenvalue weighted by atomic mass is 19.1. The fourth-order valence-electron chi connectivity index (χ4n) is 2.74. The molecule has 2 aromatic heterocycles. The van der Waals surface area contributed by atoms with E-state index in [9.17, 15) is 8.78 Å². The molecular formula is C18H18F2N4O. The number of hydrogen-bond acceptors (Lipinski definition) is 4. The quantitative estimate of drug-likeness (QED) is 0.747. The van der Waals surface area contributed by atoms with Crippen LogP contribution in [0.2, 0.25) is 0 Å². The van der Waals surface area contributed by atoms with Crippen LogP contribution in [0.3, 0.4) is 0 Å². The van der Waals surface area contributed by atoms with Crippen LogP contribution < -0.4 is 10.5 Å². The van der Waals surface area contributed by atoms with E-state index < -0.39 is 17.7 Å². The summed E-state index contributed by atoms with van der Waals surface area (Å²) in [5.41, 5.74) is 9.39. The summed E-state index contributed by atoms with van der Waals surface area (Å²) in [7, 11) is 0. The number of aryl methyl sites for hydroxylation is 2. The number of H-pyrrole nitrogens is 1. The Morgan fingerprint density at radius 2 is 1.96 bits per heavy atom. The minimum atomic E-state index is -0.735. The molecule has 0 aliphatic heterocycles. The van der Waals surface area contributed by atoms with Crippen molar-refractivity contribution in [2.24, 2.45) is 0 Å². The normalized spacial score (nSPS) is 12.2. The van der Waals surface area contributed by atoms with Crippen LogP contribution in [0.1, 0.15) is 30.0 Å². The summed E-state index contributed by atoms with van der Waals surface area (Å²) >= 11 is 0. The smallest absolute Gasteiger partial charge is 0.166 e. The van der Waals surface area contributed by atoms with Gasteiger partial charge in [0.05, 0.1) is 5.69 Å². The van der Waals surface area contributed by atoms with Crippen molar-refractivity contribution in [3.63, 3.8) is 0 Å². The molecule has 0 amide bonds. The number of nitrogens with zero attached hydrogens (tertiary/aromatic N) is 2. The SMILES string of the molecule is Cc1n[nH]c(C)c1-c1cnc(N)c(O[C@H](C)c2cc(F)ccc2F)c1. The molecule has 5 nitrogen and oxygen atoms in total. The number of benzene rings is 1. The molecule has 0 radical (unpaired) electrons. The lowest BCUT2D eigenvalue weighted by Crippen LogP contribution is -2.08. The van der Waals surface area contributed by atoms with Crippen LogP contribution in [0.5, 0.6) is 5.75 Å². The van der Waals surface area contributed by atoms with Crippen LogP contribution in [0.4, 0.5) is 14.6 Å². The van der Waals surface area contributed by atoms with Crippen LogP contribution in [0.25, 0.3) is 11.1 Å². The molecule has 0 aliphatic carbocycles. The van der Waals surface area contributed by atoms with Gasteiger partial charge in [-0.25, -0.2) is 13.8 Å². The number of ether oxygens (including phenoxy) is 1. The number of hydrogen-bond donors (Lipinski definition) is 2. The lowest BCUT2D eigenvalue weighted by molar-refractivity contribution is 0.221. The van der Waals surface area contributed by atoms with Crippen LogP contribution in [-0.2, 0) is 0 Å². The van der Waals surface area contributed by atoms with E-state index in [1.807, 2.05) is 13.8 Å². The van der Waals surface area contributed by atoms with E-state index in [1.54, 1.807) is 19.2 Å². The second-order valence-electron chi connectivity index (χ2n) is 5.84. The molecule has 130 valence electrons. The molecule has 0 bridgehead atoms. The molecule has 1 aromatic carbocycles. The first kappa shape index (κ1) is 16.9. The van der Waals surface area contributed by atoms with Crippen molar-refractivity contribution in [3.05, 3.63) is 59.0 Å². The topological polar surface area (TPSA) is 76.8 Å². The Balaban J connectivity index is 1.95. The Hall–Kier alpha value is -2.96. The van der Waals surface area contributed by atoms with Gasteiger partial charge in [0.2, 0.25) is 0 Å². The van der Waals surface area contributed by atoms with Crippen molar-refractivity contribution < 1.29 is 13.5 Å². The van der Waals surface area contributed by atoms with Gasteiger partial charge in [-0.15, -0.1) is 0 Å². The van der Waals surface area contributed by atoms with E-state index >= 15 is 0 Å². The zero-order valence-corrected chi connectivity index (χ0v) is 14.1. The number of nitrogens with two attached hydrogens (primary N) is 1. The highest BCUT2D eigenvalue weighted by Gasteiger charge is 2.17. The van der Waals surface area contributed by atoms with Crippen molar-refractivity contribution in [3.8, 4) is 16.9 Å². The first-order valence-corrected chi connectivity index (χ1v) is 7.76. The summed E-state index contributed by atoms with van der Waals surface area (Å²) in [6, 6.07) is 4.96. The number of aromatic nitrogens is 3. The van der Waals surface area contributed by atoms with Gasteiger partial charge in [0.15, 0.2) is 11.6 Å². The highest BCUT2D eigenvalue weighted by Crippen LogP contribution is 2.33. The van der Waals surface area contributed by atoms with E-state index in [0.717, 1.165) is 40.7 Å². The van der Waals surface area contributed by atoms with E-state index in [-0.39, 0.29) is 11.4 Å². The Morgan fingerprint density at radius 1 is 1.20 bits per heavy atom. The minimum absolute atomic E-state index is 0.112. The third-order valence-electron chi connectivity index (χ3n) is 4.00. The van der Waals surface area contributed by atoms with E-state index in [4.69, 9.17) is 10.5 Å². The predicted molar refractivity (Wildman–Crippen MR) is 91.1 cm³/mol. The molecule has 7 heteroatoms. The molecular weight excluding hydrogens is 326 g/mol. The molecule has 3 aromatic rings. The Labute approximate surface area is 143 Å². The zero-order chi connectivity index (χ0) is 18.1. The van der Waals surface area contributed by atoms with Gasteiger partial charge in [-0.05, 0) is 45.0 Å². The van der Waals surface area contributed by atoms with E-state index in [1.165, 1.54) is 0 Å². The maximum absolute atomic E-state index is 13.9. The first-order valence-electron chi connectivity index (χ1n) is 7.76. The van der Waals surface area contributed by atoms with Crippen molar-refractivity contribution in [2.45, 2.75) is 26.9 Å². The number of pyridine rings is 1. The Kier molecular flexibility index (Phi) is 4.39. The number of anilines is 1. The number of aromatic amines is 1. The second kappa shape index (κ2) is 6.51. The van der Waals surface area contributed by atoms with Gasteiger partial charge in [-0.3, -0.25) is 5.10 Å². The molecule has 25 heavy (non-hydrogen) atoms. The largest absolute Gasteiger partial charge is 0.482 e. The summed E-state index contributed by atoms with van der Waals surface area (Å²) in [5, 5.41) is 7.07. The summed E-state index contributed by atoms with van der Waals surface area (Å²) in [4.78, 5) is 4.15. The second-order valence-corrected chi connectivity index (χ2v) is 5.84. The molecule has 0 saturated heterocycles. The van der Waals surface area contributed by atoms with Gasteiger partial charge in [0.1, 0.15) is 17.7 Å². The highest BCUT2D eigenvalue weighted by molar-refractivity contribution is 5.70. The summed E-state index contributed by atoms with van der Waals surface area (Å²) in [6.07, 6.45) is 0.891. The van der Waals surface area contributed by atoms with Gasteiger partial charge < -0.3 is 10.5 Å². The third kappa shape index (κ3) is 3.31. The molecule has 0 unspecified atom stereocenters. The maximum atomic E-state index is 13.9.